The number of halogens is 1. The van der Waals surface area contributed by atoms with Crippen LogP contribution in [0.5, 0.6) is 0 Å². The SMILES string of the molecule is Cc1ncc(-c2nc(N[C@@H]3CCCC[C@@H]3N)c(F)c3c2C(=O)NC3)s1. The van der Waals surface area contributed by atoms with Gasteiger partial charge in [0.1, 0.15) is 0 Å². The number of aryl methyl sites for hydroxylation is 1. The molecule has 0 aromatic carbocycles. The lowest BCUT2D eigenvalue weighted by Gasteiger charge is -2.30. The molecule has 1 saturated carbocycles. The number of amides is 1. The van der Waals surface area contributed by atoms with Crippen molar-refractivity contribution in [3.8, 4) is 10.6 Å². The minimum Gasteiger partial charge on any atom is -0.363 e. The predicted molar refractivity (Wildman–Crippen MR) is 95.1 cm³/mol. The van der Waals surface area contributed by atoms with E-state index in [-0.39, 0.29) is 30.4 Å². The number of nitrogens with two attached hydrogens (primary N) is 1. The van der Waals surface area contributed by atoms with Crippen molar-refractivity contribution in [2.24, 2.45) is 5.73 Å². The fraction of sp³-hybridized carbons (Fsp3) is 0.471. The van der Waals surface area contributed by atoms with Gasteiger partial charge in [0.05, 0.1) is 21.1 Å². The number of carbonyl (C=O) groups is 1. The summed E-state index contributed by atoms with van der Waals surface area (Å²) in [5.74, 6) is -0.571. The first-order valence-corrected chi connectivity index (χ1v) is 9.31. The molecule has 2 aliphatic rings. The second-order valence-electron chi connectivity index (χ2n) is 6.60. The second-order valence-corrected chi connectivity index (χ2v) is 7.84. The first-order valence-electron chi connectivity index (χ1n) is 8.50. The zero-order valence-corrected chi connectivity index (χ0v) is 14.8. The van der Waals surface area contributed by atoms with Crippen LogP contribution in [0.1, 0.15) is 46.6 Å². The molecule has 0 bridgehead atoms. The maximum atomic E-state index is 15.0. The molecule has 4 N–H and O–H groups in total. The van der Waals surface area contributed by atoms with E-state index >= 15 is 0 Å². The predicted octanol–water partition coefficient (Wildman–Crippen LogP) is 2.58. The van der Waals surface area contributed by atoms with Gasteiger partial charge in [0.15, 0.2) is 11.6 Å². The number of fused-ring (bicyclic) bond motifs is 1. The van der Waals surface area contributed by atoms with E-state index in [2.05, 4.69) is 20.6 Å². The Labute approximate surface area is 149 Å². The molecule has 0 spiro atoms. The number of pyridine rings is 1. The molecular weight excluding hydrogens is 341 g/mol. The average Bonchev–Trinajstić information content (AvgIpc) is 3.19. The molecule has 2 atom stereocenters. The molecule has 132 valence electrons. The highest BCUT2D eigenvalue weighted by molar-refractivity contribution is 7.15. The number of nitrogens with one attached hydrogen (secondary N) is 2. The second kappa shape index (κ2) is 6.34. The molecule has 2 aromatic rings. The molecule has 3 heterocycles. The molecule has 4 rings (SSSR count). The highest BCUT2D eigenvalue weighted by Gasteiger charge is 2.32. The van der Waals surface area contributed by atoms with E-state index in [9.17, 15) is 9.18 Å². The molecule has 2 aromatic heterocycles. The van der Waals surface area contributed by atoms with Gasteiger partial charge in [-0.2, -0.15) is 0 Å². The van der Waals surface area contributed by atoms with Gasteiger partial charge in [0.2, 0.25) is 0 Å². The van der Waals surface area contributed by atoms with E-state index < -0.39 is 5.82 Å². The van der Waals surface area contributed by atoms with Gasteiger partial charge in [-0.1, -0.05) is 12.8 Å². The summed E-state index contributed by atoms with van der Waals surface area (Å²) in [4.78, 5) is 21.7. The summed E-state index contributed by atoms with van der Waals surface area (Å²) < 4.78 is 15.0. The average molecular weight is 361 g/mol. The van der Waals surface area contributed by atoms with Crippen molar-refractivity contribution >= 4 is 23.1 Å². The van der Waals surface area contributed by atoms with Gasteiger partial charge in [-0.3, -0.25) is 4.79 Å². The normalized spacial score (nSPS) is 22.6. The van der Waals surface area contributed by atoms with Crippen LogP contribution in [0.25, 0.3) is 10.6 Å². The molecule has 1 aliphatic heterocycles. The third kappa shape index (κ3) is 2.89. The Morgan fingerprint density at radius 2 is 2.20 bits per heavy atom. The fourth-order valence-electron chi connectivity index (χ4n) is 3.54. The van der Waals surface area contributed by atoms with Crippen LogP contribution in [0.3, 0.4) is 0 Å². The van der Waals surface area contributed by atoms with Crippen molar-refractivity contribution in [2.45, 2.75) is 51.2 Å². The number of hydrogen-bond acceptors (Lipinski definition) is 6. The Morgan fingerprint density at radius 3 is 2.92 bits per heavy atom. The zero-order valence-electron chi connectivity index (χ0n) is 13.9. The molecule has 1 fully saturated rings. The first kappa shape index (κ1) is 16.4. The Morgan fingerprint density at radius 1 is 1.40 bits per heavy atom. The Hall–Kier alpha value is -2.06. The molecule has 0 saturated heterocycles. The lowest BCUT2D eigenvalue weighted by Crippen LogP contribution is -2.43. The van der Waals surface area contributed by atoms with Gasteiger partial charge >= 0.3 is 0 Å². The van der Waals surface area contributed by atoms with E-state index in [0.717, 1.165) is 35.6 Å². The Bertz CT molecular complexity index is 837. The monoisotopic (exact) mass is 361 g/mol. The summed E-state index contributed by atoms with van der Waals surface area (Å²) in [5.41, 5.74) is 7.35. The van der Waals surface area contributed by atoms with E-state index in [4.69, 9.17) is 5.73 Å². The van der Waals surface area contributed by atoms with Crippen molar-refractivity contribution in [2.75, 3.05) is 5.32 Å². The first-order chi connectivity index (χ1) is 12.0. The highest BCUT2D eigenvalue weighted by Crippen LogP contribution is 2.35. The molecule has 0 radical (unpaired) electrons. The van der Waals surface area contributed by atoms with Gasteiger partial charge in [0.25, 0.3) is 5.91 Å². The highest BCUT2D eigenvalue weighted by atomic mass is 32.1. The van der Waals surface area contributed by atoms with Gasteiger partial charge < -0.3 is 16.4 Å². The van der Waals surface area contributed by atoms with Gasteiger partial charge in [0, 0.05) is 30.4 Å². The minimum absolute atomic E-state index is 0.00471. The van der Waals surface area contributed by atoms with E-state index in [1.807, 2.05) is 6.92 Å². The Kier molecular flexibility index (Phi) is 4.16. The summed E-state index contributed by atoms with van der Waals surface area (Å²) in [5, 5.41) is 6.76. The summed E-state index contributed by atoms with van der Waals surface area (Å²) in [6.07, 6.45) is 5.67. The van der Waals surface area contributed by atoms with Crippen LogP contribution in [0, 0.1) is 12.7 Å². The van der Waals surface area contributed by atoms with Crippen LogP contribution in [0.2, 0.25) is 0 Å². The summed E-state index contributed by atoms with van der Waals surface area (Å²) >= 11 is 1.44. The van der Waals surface area contributed by atoms with E-state index in [1.165, 1.54) is 11.3 Å². The van der Waals surface area contributed by atoms with Crippen LogP contribution in [0.4, 0.5) is 10.2 Å². The molecule has 6 nitrogen and oxygen atoms in total. The van der Waals surface area contributed by atoms with Gasteiger partial charge in [-0.05, 0) is 19.8 Å². The lowest BCUT2D eigenvalue weighted by molar-refractivity contribution is 0.0966. The minimum atomic E-state index is -0.462. The van der Waals surface area contributed by atoms with Crippen LogP contribution >= 0.6 is 11.3 Å². The summed E-state index contributed by atoms with van der Waals surface area (Å²) in [6, 6.07) is -0.0213. The fourth-order valence-corrected chi connectivity index (χ4v) is 4.31. The molecular formula is C17H20FN5OS. The maximum Gasteiger partial charge on any atom is 0.254 e. The topological polar surface area (TPSA) is 92.9 Å². The quantitative estimate of drug-likeness (QED) is 0.781. The molecule has 0 unspecified atom stereocenters. The van der Waals surface area contributed by atoms with E-state index in [1.54, 1.807) is 6.20 Å². The lowest BCUT2D eigenvalue weighted by atomic mass is 9.91. The van der Waals surface area contributed by atoms with Crippen molar-refractivity contribution in [1.82, 2.24) is 15.3 Å². The summed E-state index contributed by atoms with van der Waals surface area (Å²) in [7, 11) is 0. The number of hydrogen-bond donors (Lipinski definition) is 3. The number of aromatic nitrogens is 2. The van der Waals surface area contributed by atoms with Crippen LogP contribution in [-0.2, 0) is 6.54 Å². The molecule has 1 aliphatic carbocycles. The van der Waals surface area contributed by atoms with Gasteiger partial charge in [-0.15, -0.1) is 11.3 Å². The van der Waals surface area contributed by atoms with Gasteiger partial charge in [-0.25, -0.2) is 14.4 Å². The Balaban J connectivity index is 1.79. The summed E-state index contributed by atoms with van der Waals surface area (Å²) in [6.45, 7) is 2.07. The third-order valence-electron chi connectivity index (χ3n) is 4.88. The standard InChI is InChI=1S/C17H20FN5OS/c1-8-20-7-12(25-8)15-13-9(6-21-17(13)24)14(18)16(23-15)22-11-5-3-2-4-10(11)19/h7,10-11H,2-6,19H2,1H3,(H,21,24)(H,22,23)/t10-,11+/m0/s1. The van der Waals surface area contributed by atoms with Crippen molar-refractivity contribution in [3.05, 3.63) is 28.1 Å². The molecule has 25 heavy (non-hydrogen) atoms. The smallest absolute Gasteiger partial charge is 0.254 e. The van der Waals surface area contributed by atoms with Crippen molar-refractivity contribution in [1.29, 1.82) is 0 Å². The third-order valence-corrected chi connectivity index (χ3v) is 5.80. The zero-order chi connectivity index (χ0) is 17.6. The van der Waals surface area contributed by atoms with Crippen LogP contribution in [0.15, 0.2) is 6.20 Å². The molecule has 1 amide bonds. The largest absolute Gasteiger partial charge is 0.363 e. The van der Waals surface area contributed by atoms with Crippen molar-refractivity contribution in [3.63, 3.8) is 0 Å². The van der Waals surface area contributed by atoms with Crippen LogP contribution in [-0.4, -0.2) is 28.0 Å². The number of rotatable bonds is 3. The number of anilines is 1. The number of thiazole rings is 1. The number of nitrogens with zero attached hydrogens (tertiary/aromatic N) is 2. The maximum absolute atomic E-state index is 15.0. The molecule has 8 heteroatoms. The van der Waals surface area contributed by atoms with E-state index in [0.29, 0.717) is 16.8 Å². The van der Waals surface area contributed by atoms with Crippen LogP contribution < -0.4 is 16.4 Å². The number of carbonyl (C=O) groups excluding carboxylic acids is 1. The van der Waals surface area contributed by atoms with Crippen molar-refractivity contribution < 1.29 is 9.18 Å².